The van der Waals surface area contributed by atoms with Gasteiger partial charge < -0.3 is 19.6 Å². The standard InChI is InChI=1S/C33H31ClF3N5O4/c1-6-21(44)40-13-17(5)41-18(14-40)10-12-46-31-24-30(27(37)23(25(31)34)22-20(43)8-7-19(35)26(22)36)42(33(45)39-32(24)41)29-16(4)9-11-38-28(29)15(2)3/h6-9,11,15,17-18,43H,1,10,12-14H2,2-5H3. The second kappa shape index (κ2) is 11.7. The van der Waals surface area contributed by atoms with Crippen molar-refractivity contribution in [3.05, 3.63) is 81.3 Å². The van der Waals surface area contributed by atoms with Gasteiger partial charge in [0.25, 0.3) is 0 Å². The maximum atomic E-state index is 17.4. The van der Waals surface area contributed by atoms with Crippen molar-refractivity contribution in [2.24, 2.45) is 0 Å². The van der Waals surface area contributed by atoms with Crippen LogP contribution >= 0.6 is 11.6 Å². The molecule has 1 N–H and O–H groups in total. The summed E-state index contributed by atoms with van der Waals surface area (Å²) in [7, 11) is 0. The number of anilines is 1. The fourth-order valence-corrected chi connectivity index (χ4v) is 6.91. The van der Waals surface area contributed by atoms with Crippen LogP contribution in [0.4, 0.5) is 19.0 Å². The number of hydrogen-bond acceptors (Lipinski definition) is 7. The van der Waals surface area contributed by atoms with Crippen molar-refractivity contribution in [3.63, 3.8) is 0 Å². The Kier molecular flexibility index (Phi) is 7.95. The number of nitrogens with zero attached hydrogens (tertiary/aromatic N) is 5. The van der Waals surface area contributed by atoms with E-state index in [2.05, 4.69) is 16.5 Å². The molecular formula is C33H31ClF3N5O4. The molecular weight excluding hydrogens is 623 g/mol. The molecule has 1 fully saturated rings. The van der Waals surface area contributed by atoms with Gasteiger partial charge in [0.05, 0.1) is 40.0 Å². The van der Waals surface area contributed by atoms with Crippen LogP contribution in [0, 0.1) is 24.4 Å². The largest absolute Gasteiger partial charge is 0.507 e. The summed E-state index contributed by atoms with van der Waals surface area (Å²) in [6.07, 6.45) is 3.15. The van der Waals surface area contributed by atoms with E-state index in [4.69, 9.17) is 16.3 Å². The van der Waals surface area contributed by atoms with Crippen molar-refractivity contribution in [3.8, 4) is 28.3 Å². The maximum Gasteiger partial charge on any atom is 0.354 e. The molecule has 6 rings (SSSR count). The Morgan fingerprint density at radius 3 is 2.61 bits per heavy atom. The highest BCUT2D eigenvalue weighted by Gasteiger charge is 2.40. The second-order valence-corrected chi connectivity index (χ2v) is 12.3. The van der Waals surface area contributed by atoms with Crippen LogP contribution in [0.15, 0.2) is 41.8 Å². The molecule has 2 aliphatic rings. The number of rotatable bonds is 4. The summed E-state index contributed by atoms with van der Waals surface area (Å²) >= 11 is 6.83. The Hall–Kier alpha value is -4.58. The minimum absolute atomic E-state index is 0.0279. The Morgan fingerprint density at radius 2 is 1.91 bits per heavy atom. The first-order valence-electron chi connectivity index (χ1n) is 14.8. The fourth-order valence-electron chi connectivity index (χ4n) is 6.58. The van der Waals surface area contributed by atoms with E-state index in [1.807, 2.05) is 25.7 Å². The molecule has 0 radical (unpaired) electrons. The number of piperazine rings is 1. The number of aromatic nitrogens is 3. The Labute approximate surface area is 267 Å². The zero-order valence-electron chi connectivity index (χ0n) is 25.6. The molecule has 4 heterocycles. The van der Waals surface area contributed by atoms with Gasteiger partial charge in [-0.2, -0.15) is 4.98 Å². The molecule has 240 valence electrons. The van der Waals surface area contributed by atoms with E-state index in [0.29, 0.717) is 23.7 Å². The monoisotopic (exact) mass is 653 g/mol. The van der Waals surface area contributed by atoms with Crippen LogP contribution in [0.1, 0.15) is 44.4 Å². The molecule has 0 aliphatic carbocycles. The smallest absolute Gasteiger partial charge is 0.354 e. The van der Waals surface area contributed by atoms with Gasteiger partial charge in [-0.25, -0.2) is 18.0 Å². The van der Waals surface area contributed by atoms with Gasteiger partial charge in [-0.05, 0) is 49.6 Å². The Morgan fingerprint density at radius 1 is 1.17 bits per heavy atom. The normalized spacial score (nSPS) is 17.8. The van der Waals surface area contributed by atoms with E-state index < -0.39 is 51.1 Å². The highest BCUT2D eigenvalue weighted by Crippen LogP contribution is 2.50. The van der Waals surface area contributed by atoms with Crippen molar-refractivity contribution in [1.82, 2.24) is 19.4 Å². The summed E-state index contributed by atoms with van der Waals surface area (Å²) in [6, 6.07) is 2.48. The Bertz CT molecular complexity index is 2000. The molecule has 0 bridgehead atoms. The third-order valence-electron chi connectivity index (χ3n) is 8.61. The molecule has 2 unspecified atom stereocenters. The number of carbonyl (C=O) groups is 1. The van der Waals surface area contributed by atoms with E-state index in [0.717, 1.165) is 10.6 Å². The zero-order valence-corrected chi connectivity index (χ0v) is 26.3. The van der Waals surface area contributed by atoms with Crippen molar-refractivity contribution in [2.75, 3.05) is 24.6 Å². The van der Waals surface area contributed by atoms with Crippen LogP contribution in [0.25, 0.3) is 27.7 Å². The van der Waals surface area contributed by atoms with Gasteiger partial charge in [0, 0.05) is 37.3 Å². The van der Waals surface area contributed by atoms with Crippen molar-refractivity contribution >= 4 is 34.2 Å². The van der Waals surface area contributed by atoms with Crippen LogP contribution in [-0.4, -0.2) is 62.2 Å². The minimum atomic E-state index is -1.53. The van der Waals surface area contributed by atoms with Gasteiger partial charge in [0.15, 0.2) is 23.2 Å². The number of fused-ring (bicyclic) bond motifs is 2. The van der Waals surface area contributed by atoms with Gasteiger partial charge in [-0.1, -0.05) is 32.0 Å². The molecule has 0 spiro atoms. The van der Waals surface area contributed by atoms with E-state index in [9.17, 15) is 19.1 Å². The molecule has 9 nitrogen and oxygen atoms in total. The lowest BCUT2D eigenvalue weighted by atomic mass is 9.97. The zero-order chi connectivity index (χ0) is 33.2. The lowest BCUT2D eigenvalue weighted by Crippen LogP contribution is -2.60. The van der Waals surface area contributed by atoms with Crippen LogP contribution in [0.5, 0.6) is 11.5 Å². The summed E-state index contributed by atoms with van der Waals surface area (Å²) < 4.78 is 54.5. The van der Waals surface area contributed by atoms with Crippen molar-refractivity contribution in [1.29, 1.82) is 0 Å². The second-order valence-electron chi connectivity index (χ2n) is 11.9. The first-order valence-corrected chi connectivity index (χ1v) is 15.2. The number of phenolic OH excluding ortho intramolecular Hbond substituents is 1. The highest BCUT2D eigenvalue weighted by molar-refractivity contribution is 6.36. The van der Waals surface area contributed by atoms with Gasteiger partial charge in [-0.3, -0.25) is 14.3 Å². The number of hydrogen-bond donors (Lipinski definition) is 1. The molecule has 2 aromatic heterocycles. The molecule has 2 aliphatic heterocycles. The summed E-state index contributed by atoms with van der Waals surface area (Å²) in [6.45, 7) is 11.5. The molecule has 2 aromatic carbocycles. The third-order valence-corrected chi connectivity index (χ3v) is 8.97. The quantitative estimate of drug-likeness (QED) is 0.269. The van der Waals surface area contributed by atoms with E-state index in [-0.39, 0.29) is 65.7 Å². The third kappa shape index (κ3) is 4.77. The molecule has 13 heteroatoms. The topological polar surface area (TPSA) is 101 Å². The molecule has 46 heavy (non-hydrogen) atoms. The number of benzene rings is 2. The predicted octanol–water partition coefficient (Wildman–Crippen LogP) is 6.03. The number of aryl methyl sites for hydroxylation is 1. The number of amides is 1. The van der Waals surface area contributed by atoms with Gasteiger partial charge >= 0.3 is 5.69 Å². The van der Waals surface area contributed by atoms with Crippen LogP contribution in [-0.2, 0) is 4.79 Å². The van der Waals surface area contributed by atoms with Gasteiger partial charge in [0.2, 0.25) is 5.91 Å². The number of halogens is 4. The number of carbonyl (C=O) groups excluding carboxylic acids is 1. The highest BCUT2D eigenvalue weighted by atomic mass is 35.5. The van der Waals surface area contributed by atoms with Crippen LogP contribution < -0.4 is 15.3 Å². The van der Waals surface area contributed by atoms with E-state index >= 15 is 8.78 Å². The van der Waals surface area contributed by atoms with Crippen molar-refractivity contribution < 1.29 is 27.8 Å². The average Bonchev–Trinajstić information content (AvgIpc) is 3.00. The fraction of sp³-hybridized carbons (Fsp3) is 0.333. The van der Waals surface area contributed by atoms with Gasteiger partial charge in [-0.15, -0.1) is 0 Å². The molecule has 1 saturated heterocycles. The molecule has 2 atom stereocenters. The van der Waals surface area contributed by atoms with Gasteiger partial charge in [0.1, 0.15) is 17.1 Å². The lowest BCUT2D eigenvalue weighted by Gasteiger charge is -2.47. The average molecular weight is 654 g/mol. The number of pyridine rings is 1. The molecule has 0 saturated carbocycles. The summed E-state index contributed by atoms with van der Waals surface area (Å²) in [4.78, 5) is 39.3. The number of ether oxygens (including phenoxy) is 1. The Balaban J connectivity index is 1.80. The summed E-state index contributed by atoms with van der Waals surface area (Å²) in [5.74, 6) is -5.35. The lowest BCUT2D eigenvalue weighted by molar-refractivity contribution is -0.127. The van der Waals surface area contributed by atoms with Crippen LogP contribution in [0.3, 0.4) is 0 Å². The first-order chi connectivity index (χ1) is 21.9. The van der Waals surface area contributed by atoms with Crippen molar-refractivity contribution in [2.45, 2.75) is 52.1 Å². The SMILES string of the molecule is C=CC(=O)N1CC(C)N2c3nc(=O)n(-c4c(C)ccnc4C(C)C)c4c(F)c(-c5c(O)ccc(F)c5F)c(Cl)c(c34)OCCC2C1. The maximum absolute atomic E-state index is 17.4. The number of phenols is 1. The minimum Gasteiger partial charge on any atom is -0.507 e. The summed E-state index contributed by atoms with van der Waals surface area (Å²) in [5, 5.41) is 10.3. The number of aromatic hydroxyl groups is 1. The molecule has 1 amide bonds. The molecule has 4 aromatic rings. The van der Waals surface area contributed by atoms with Crippen LogP contribution in [0.2, 0.25) is 5.02 Å². The summed E-state index contributed by atoms with van der Waals surface area (Å²) in [5.41, 5.74) is -1.42. The van der Waals surface area contributed by atoms with E-state index in [1.54, 1.807) is 24.1 Å². The first kappa shape index (κ1) is 31.4. The predicted molar refractivity (Wildman–Crippen MR) is 169 cm³/mol. The van der Waals surface area contributed by atoms with E-state index in [1.165, 1.54) is 6.08 Å².